The summed E-state index contributed by atoms with van der Waals surface area (Å²) < 4.78 is 73.5. The predicted molar refractivity (Wildman–Crippen MR) is 466 cm³/mol. The summed E-state index contributed by atoms with van der Waals surface area (Å²) in [5.74, 6) is -0.407. The van der Waals surface area contributed by atoms with Crippen LogP contribution in [0.1, 0.15) is 5.56 Å². The third kappa shape index (κ3) is 12.6. The van der Waals surface area contributed by atoms with E-state index < -0.39 is 28.5 Å². The quantitative estimate of drug-likeness (QED) is 0.0651. The lowest BCUT2D eigenvalue weighted by Gasteiger charge is -2.14. The minimum absolute atomic E-state index is 0.407. The maximum absolute atomic E-state index is 12.9. The lowest BCUT2D eigenvalue weighted by Crippen LogP contribution is -2.29. The Hall–Kier alpha value is -12.3. The molecule has 0 atom stereocenters. The van der Waals surface area contributed by atoms with E-state index in [1.54, 1.807) is 23.5 Å². The summed E-state index contributed by atoms with van der Waals surface area (Å²) in [6, 6.07) is 120. The molecule has 18 aromatic carbocycles. The minimum Gasteiger partial charge on any atom is -0.423 e. The average Bonchev–Trinajstić information content (AvgIpc) is 1.66. The van der Waals surface area contributed by atoms with Crippen molar-refractivity contribution in [2.24, 2.45) is 0 Å². The molecule has 13 heteroatoms. The lowest BCUT2D eigenvalue weighted by atomic mass is 9.80. The van der Waals surface area contributed by atoms with Gasteiger partial charge < -0.3 is 14.2 Å². The number of aryl methyl sites for hydroxylation is 1. The van der Waals surface area contributed by atoms with Crippen molar-refractivity contribution in [1.29, 1.82) is 0 Å². The topological polar surface area (TPSA) is 83.8 Å². The number of hydrogen-bond acceptors (Lipinski definition) is 8. The third-order valence-electron chi connectivity index (χ3n) is 21.2. The zero-order valence-electron chi connectivity index (χ0n) is 59.4. The molecular formula is C98H62BF3O5S4. The summed E-state index contributed by atoms with van der Waals surface area (Å²) in [7, 11) is -7.18. The number of benzene rings is 18. The largest absolute Gasteiger partial charge is 0.534 e. The number of alkyl halides is 3. The van der Waals surface area contributed by atoms with E-state index in [-0.39, 0.29) is 0 Å². The SMILES string of the molecule is Cc1cccc(-c2ccc3c4ccccc4c4ccc(-c5cccc(OS(=O)(=O)C(F)(F)F)c5)cc4c3c2)c1.OB(O)c1cccc2c1sc1ccccc12.c1cc(-c2ccc3c4ccccc4c4ccc(-c5cccc(-c6cccc7c6sc6ccccc67)c5)cc4c3c2)cc(-c2cccc3c2sc2ccccc23)c1. The van der Waals surface area contributed by atoms with Crippen LogP contribution in [0.4, 0.5) is 13.2 Å². The van der Waals surface area contributed by atoms with Crippen LogP contribution in [0, 0.1) is 6.92 Å². The summed E-state index contributed by atoms with van der Waals surface area (Å²) in [5, 5.41) is 40.2. The van der Waals surface area contributed by atoms with E-state index in [2.05, 4.69) is 260 Å². The Bertz CT molecular complexity index is 7230. The predicted octanol–water partition coefficient (Wildman–Crippen LogP) is 27.3. The Kier molecular flexibility index (Phi) is 17.4. The van der Waals surface area contributed by atoms with Crippen molar-refractivity contribution < 1.29 is 35.8 Å². The summed E-state index contributed by atoms with van der Waals surface area (Å²) in [6.07, 6.45) is 0. The van der Waals surface area contributed by atoms with Crippen molar-refractivity contribution in [3.8, 4) is 72.5 Å². The van der Waals surface area contributed by atoms with E-state index >= 15 is 0 Å². The van der Waals surface area contributed by atoms with Crippen LogP contribution in [0.25, 0.3) is 192 Å². The molecular weight excluding hydrogens is 1450 g/mol. The molecule has 5 nitrogen and oxygen atoms in total. The monoisotopic (exact) mass is 1510 g/mol. The highest BCUT2D eigenvalue weighted by Gasteiger charge is 2.48. The molecule has 3 aromatic heterocycles. The van der Waals surface area contributed by atoms with E-state index in [0.29, 0.717) is 11.0 Å². The first kappa shape index (κ1) is 69.2. The molecule has 0 saturated carbocycles. The Labute approximate surface area is 649 Å². The fourth-order valence-electron chi connectivity index (χ4n) is 16.0. The minimum atomic E-state index is -5.77. The van der Waals surface area contributed by atoms with Gasteiger partial charge in [0.25, 0.3) is 0 Å². The summed E-state index contributed by atoms with van der Waals surface area (Å²) in [4.78, 5) is 0. The number of thiophene rings is 3. The Balaban J connectivity index is 0.000000130. The molecule has 0 saturated heterocycles. The molecule has 0 spiro atoms. The molecule has 0 unspecified atom stereocenters. The van der Waals surface area contributed by atoms with Crippen LogP contribution in [0.3, 0.4) is 0 Å². The van der Waals surface area contributed by atoms with Gasteiger partial charge in [0.05, 0.1) is 0 Å². The molecule has 0 amide bonds. The standard InChI is InChI=1S/C54H32S2.C32H21F3O3S.C12H9BO2S/c1-2-16-42-41(15-1)43-27-25-35(33-11-7-13-37(29-33)39-19-9-21-47-45-17-3-5-23-51(45)55-53(39)47)31-49(43)50-32-36(26-28-44(42)50)34-12-8-14-38(30-34)40-20-10-22-48-46-18-4-6-24-52(46)56-54(40)48;1-20-6-4-7-21(16-20)23-12-14-28-26-10-2-3-11-27(26)29-15-13-24(19-31(29)30(28)18-23)22-8-5-9-25(17-22)38-39(36,37)32(33,34)35;14-13(15)10-6-3-5-9-8-4-1-2-7-11(8)16-12(9)10/h1-32H;2-19H,1H3;1-7,14-15H. The summed E-state index contributed by atoms with van der Waals surface area (Å²) in [6.45, 7) is 2.05. The lowest BCUT2D eigenvalue weighted by molar-refractivity contribution is -0.0500. The zero-order valence-corrected chi connectivity index (χ0v) is 62.6. The first-order valence-electron chi connectivity index (χ1n) is 36.4. The van der Waals surface area contributed by atoms with Gasteiger partial charge in [-0.15, -0.1) is 34.0 Å². The van der Waals surface area contributed by atoms with Crippen LogP contribution >= 0.6 is 34.0 Å². The molecule has 21 aromatic rings. The number of fused-ring (bicyclic) bond motifs is 21. The van der Waals surface area contributed by atoms with Crippen LogP contribution in [-0.4, -0.2) is 31.1 Å². The highest BCUT2D eigenvalue weighted by molar-refractivity contribution is 7.88. The van der Waals surface area contributed by atoms with Crippen LogP contribution in [0.5, 0.6) is 5.75 Å². The summed E-state index contributed by atoms with van der Waals surface area (Å²) in [5.41, 5.74) is 9.62. The molecule has 21 rings (SSSR count). The van der Waals surface area contributed by atoms with Crippen molar-refractivity contribution in [1.82, 2.24) is 0 Å². The smallest absolute Gasteiger partial charge is 0.423 e. The first-order valence-corrected chi connectivity index (χ1v) is 40.2. The molecule has 0 aliphatic carbocycles. The van der Waals surface area contributed by atoms with Crippen LogP contribution in [-0.2, 0) is 10.1 Å². The van der Waals surface area contributed by atoms with E-state index in [1.807, 2.05) is 89.4 Å². The number of hydrogen-bond donors (Lipinski definition) is 2. The maximum atomic E-state index is 12.9. The van der Waals surface area contributed by atoms with Gasteiger partial charge in [-0.1, -0.05) is 285 Å². The van der Waals surface area contributed by atoms with Gasteiger partial charge in [-0.3, -0.25) is 0 Å². The van der Waals surface area contributed by atoms with E-state index in [1.165, 1.54) is 145 Å². The maximum Gasteiger partial charge on any atom is 0.534 e. The van der Waals surface area contributed by atoms with Crippen LogP contribution < -0.4 is 9.65 Å². The van der Waals surface area contributed by atoms with Crippen molar-refractivity contribution in [3.05, 3.63) is 351 Å². The van der Waals surface area contributed by atoms with Gasteiger partial charge in [-0.2, -0.15) is 21.6 Å². The molecule has 0 aliphatic rings. The van der Waals surface area contributed by atoms with Gasteiger partial charge in [-0.05, 0) is 216 Å². The van der Waals surface area contributed by atoms with Gasteiger partial charge in [-0.25, -0.2) is 0 Å². The van der Waals surface area contributed by atoms with Crippen molar-refractivity contribution in [3.63, 3.8) is 0 Å². The molecule has 3 heterocycles. The first-order chi connectivity index (χ1) is 54.1. The fourth-order valence-corrected chi connectivity index (χ4v) is 20.2. The van der Waals surface area contributed by atoms with Crippen molar-refractivity contribution in [2.45, 2.75) is 12.4 Å². The summed E-state index contributed by atoms with van der Waals surface area (Å²) >= 11 is 5.38. The van der Waals surface area contributed by atoms with Gasteiger partial charge in [0.1, 0.15) is 5.75 Å². The van der Waals surface area contributed by atoms with E-state index in [0.717, 1.165) is 64.7 Å². The van der Waals surface area contributed by atoms with Crippen molar-refractivity contribution in [2.75, 3.05) is 0 Å². The van der Waals surface area contributed by atoms with Crippen molar-refractivity contribution >= 4 is 182 Å². The highest BCUT2D eigenvalue weighted by atomic mass is 32.2. The van der Waals surface area contributed by atoms with Gasteiger partial charge in [0.2, 0.25) is 0 Å². The molecule has 0 bridgehead atoms. The van der Waals surface area contributed by atoms with Gasteiger partial charge in [0.15, 0.2) is 0 Å². The zero-order chi connectivity index (χ0) is 75.2. The van der Waals surface area contributed by atoms with Crippen LogP contribution in [0.2, 0.25) is 0 Å². The normalized spacial score (nSPS) is 11.9. The highest BCUT2D eigenvalue weighted by Crippen LogP contribution is 2.47. The molecule has 0 fully saturated rings. The number of halogens is 3. The Morgan fingerprint density at radius 3 is 0.973 bits per heavy atom. The molecule has 532 valence electrons. The van der Waals surface area contributed by atoms with Gasteiger partial charge >= 0.3 is 22.7 Å². The second-order valence-electron chi connectivity index (χ2n) is 27.9. The van der Waals surface area contributed by atoms with Crippen LogP contribution in [0.15, 0.2) is 346 Å². The molecule has 2 N–H and O–H groups in total. The molecule has 0 aliphatic heterocycles. The van der Waals surface area contributed by atoms with Gasteiger partial charge in [0, 0.05) is 55.1 Å². The Morgan fingerprint density at radius 1 is 0.279 bits per heavy atom. The third-order valence-corrected chi connectivity index (χ3v) is 25.9. The molecule has 111 heavy (non-hydrogen) atoms. The average molecular weight is 1520 g/mol. The number of rotatable bonds is 9. The Morgan fingerprint density at radius 2 is 0.577 bits per heavy atom. The fraction of sp³-hybridized carbons (Fsp3) is 0.0204. The second kappa shape index (κ2) is 28.0. The second-order valence-corrected chi connectivity index (χ2v) is 32.6. The van der Waals surface area contributed by atoms with E-state index in [9.17, 15) is 31.6 Å². The molecule has 0 radical (unpaired) electrons. The van der Waals surface area contributed by atoms with E-state index in [4.69, 9.17) is 0 Å².